The molecule has 43 heavy (non-hydrogen) atoms. The summed E-state index contributed by atoms with van der Waals surface area (Å²) in [5.41, 5.74) is -2.48. The Hall–Kier alpha value is -3.39. The molecule has 1 aromatic heterocycles. The predicted octanol–water partition coefficient (Wildman–Crippen LogP) is 1.88. The Kier molecular flexibility index (Phi) is 20.2. The Bertz CT molecular complexity index is 1100. The SMILES string of the molecule is C=CCCOC(COCC=C)Cn1c(=O)n(CC(COCC=C)OCC=C)c(=O)n(CC(COCC=C)OCC=C)c1=O. The van der Waals surface area contributed by atoms with E-state index >= 15 is 0 Å². The summed E-state index contributed by atoms with van der Waals surface area (Å²) in [6.45, 7) is 22.9. The van der Waals surface area contributed by atoms with Crippen molar-refractivity contribution >= 4 is 0 Å². The molecule has 3 atom stereocenters. The number of hydrogen-bond donors (Lipinski definition) is 0. The van der Waals surface area contributed by atoms with Gasteiger partial charge in [-0.3, -0.25) is 0 Å². The smallest absolute Gasteiger partial charge is 0.336 e. The van der Waals surface area contributed by atoms with Gasteiger partial charge in [0, 0.05) is 0 Å². The molecule has 1 heterocycles. The van der Waals surface area contributed by atoms with Crippen LogP contribution in [0.15, 0.2) is 90.3 Å². The molecule has 0 spiro atoms. The normalized spacial score (nSPS) is 13.1. The van der Waals surface area contributed by atoms with Crippen LogP contribution in [-0.4, -0.2) is 91.5 Å². The van der Waals surface area contributed by atoms with Crippen molar-refractivity contribution in [3.8, 4) is 0 Å². The topological polar surface area (TPSA) is 121 Å². The lowest BCUT2D eigenvalue weighted by Gasteiger charge is -2.23. The second-order valence-corrected chi connectivity index (χ2v) is 9.22. The molecule has 240 valence electrons. The van der Waals surface area contributed by atoms with Crippen LogP contribution < -0.4 is 17.1 Å². The third kappa shape index (κ3) is 14.1. The molecule has 0 aliphatic heterocycles. The van der Waals surface area contributed by atoms with E-state index in [1.165, 1.54) is 0 Å². The van der Waals surface area contributed by atoms with Gasteiger partial charge in [-0.1, -0.05) is 36.5 Å². The molecule has 0 aliphatic rings. The molecule has 0 N–H and O–H groups in total. The quantitative estimate of drug-likeness (QED) is 0.104. The lowest BCUT2D eigenvalue weighted by atomic mass is 10.3. The molecule has 1 aromatic rings. The maximum atomic E-state index is 13.7. The molecular weight excluding hydrogens is 558 g/mol. The number of ether oxygens (including phenoxy) is 6. The molecule has 0 saturated heterocycles. The van der Waals surface area contributed by atoms with Crippen LogP contribution in [-0.2, 0) is 48.1 Å². The third-order valence-corrected chi connectivity index (χ3v) is 5.74. The minimum atomic E-state index is -0.829. The van der Waals surface area contributed by atoms with Crippen molar-refractivity contribution in [2.24, 2.45) is 0 Å². The highest BCUT2D eigenvalue weighted by Gasteiger charge is 2.24. The Balaban J connectivity index is 3.66. The average Bonchev–Trinajstić information content (AvgIpc) is 3.00. The van der Waals surface area contributed by atoms with Gasteiger partial charge in [0.05, 0.1) is 97.4 Å². The van der Waals surface area contributed by atoms with Gasteiger partial charge in [0.2, 0.25) is 0 Å². The number of aromatic nitrogens is 3. The first-order valence-electron chi connectivity index (χ1n) is 14.1. The predicted molar refractivity (Wildman–Crippen MR) is 167 cm³/mol. The molecule has 12 heteroatoms. The Morgan fingerprint density at radius 1 is 0.488 bits per heavy atom. The monoisotopic (exact) mass is 605 g/mol. The van der Waals surface area contributed by atoms with Gasteiger partial charge in [-0.2, -0.15) is 0 Å². The van der Waals surface area contributed by atoms with Crippen molar-refractivity contribution in [1.82, 2.24) is 13.7 Å². The van der Waals surface area contributed by atoms with Gasteiger partial charge in [0.25, 0.3) is 0 Å². The van der Waals surface area contributed by atoms with E-state index in [1.54, 1.807) is 36.5 Å². The zero-order valence-corrected chi connectivity index (χ0v) is 25.1. The first-order chi connectivity index (χ1) is 20.9. The summed E-state index contributed by atoms with van der Waals surface area (Å²) in [7, 11) is 0. The van der Waals surface area contributed by atoms with E-state index in [0.29, 0.717) is 13.0 Å². The highest BCUT2D eigenvalue weighted by Crippen LogP contribution is 2.02. The number of rotatable bonds is 28. The highest BCUT2D eigenvalue weighted by molar-refractivity contribution is 4.84. The van der Waals surface area contributed by atoms with Gasteiger partial charge in [0.15, 0.2) is 0 Å². The molecule has 0 radical (unpaired) electrons. The molecule has 12 nitrogen and oxygen atoms in total. The van der Waals surface area contributed by atoms with Crippen molar-refractivity contribution in [2.75, 3.05) is 59.5 Å². The number of nitrogens with zero attached hydrogens (tertiary/aromatic N) is 3. The summed E-state index contributed by atoms with van der Waals surface area (Å²) in [6.07, 6.45) is 7.96. The van der Waals surface area contributed by atoms with E-state index in [0.717, 1.165) is 13.7 Å². The summed E-state index contributed by atoms with van der Waals surface area (Å²) >= 11 is 0. The molecule has 0 bridgehead atoms. The van der Waals surface area contributed by atoms with Crippen LogP contribution in [0.1, 0.15) is 6.42 Å². The van der Waals surface area contributed by atoms with Gasteiger partial charge in [0.1, 0.15) is 0 Å². The van der Waals surface area contributed by atoms with Gasteiger partial charge in [-0.15, -0.1) is 39.5 Å². The van der Waals surface area contributed by atoms with Crippen molar-refractivity contribution in [3.05, 3.63) is 107 Å². The van der Waals surface area contributed by atoms with Crippen LogP contribution in [0.2, 0.25) is 0 Å². The lowest BCUT2D eigenvalue weighted by Crippen LogP contribution is -2.58. The van der Waals surface area contributed by atoms with Crippen LogP contribution in [0.5, 0.6) is 0 Å². The van der Waals surface area contributed by atoms with Crippen molar-refractivity contribution in [2.45, 2.75) is 44.4 Å². The maximum Gasteiger partial charge on any atom is 0.336 e. The minimum Gasteiger partial charge on any atom is -0.375 e. The second-order valence-electron chi connectivity index (χ2n) is 9.22. The van der Waals surface area contributed by atoms with Crippen molar-refractivity contribution in [3.63, 3.8) is 0 Å². The lowest BCUT2D eigenvalue weighted by molar-refractivity contribution is -0.0217. The molecular formula is C31H47N3O9. The van der Waals surface area contributed by atoms with Gasteiger partial charge >= 0.3 is 17.1 Å². The first kappa shape index (κ1) is 37.6. The fraction of sp³-hybridized carbons (Fsp3) is 0.516. The molecule has 0 aliphatic carbocycles. The second kappa shape index (κ2) is 23.1. The average molecular weight is 606 g/mol. The van der Waals surface area contributed by atoms with Crippen molar-refractivity contribution in [1.29, 1.82) is 0 Å². The fourth-order valence-corrected chi connectivity index (χ4v) is 3.80. The van der Waals surface area contributed by atoms with Gasteiger partial charge in [-0.25, -0.2) is 28.1 Å². The zero-order chi connectivity index (χ0) is 31.9. The maximum absolute atomic E-state index is 13.7. The standard InChI is InChI=1S/C31H47N3O9/c1-7-13-19-43-28(25-40-16-10-4)22-34-30(36)32(20-26(41-17-11-5)23-38-14-8-2)29(35)33(31(34)37)21-27(42-18-12-6)24-39-15-9-3/h7-12,26-28H,1-6,13-25H2. The molecule has 0 amide bonds. The number of hydrogen-bond acceptors (Lipinski definition) is 9. The Labute approximate surface area is 253 Å². The van der Waals surface area contributed by atoms with E-state index in [1.807, 2.05) is 0 Å². The van der Waals surface area contributed by atoms with E-state index in [2.05, 4.69) is 39.5 Å². The first-order valence-corrected chi connectivity index (χ1v) is 14.1. The molecule has 0 fully saturated rings. The molecule has 0 aromatic carbocycles. The fourth-order valence-electron chi connectivity index (χ4n) is 3.80. The summed E-state index contributed by atoms with van der Waals surface area (Å²) in [4.78, 5) is 41.2. The van der Waals surface area contributed by atoms with Gasteiger partial charge < -0.3 is 28.4 Å². The van der Waals surface area contributed by atoms with E-state index in [-0.39, 0.29) is 72.5 Å². The zero-order valence-electron chi connectivity index (χ0n) is 25.1. The van der Waals surface area contributed by atoms with Crippen LogP contribution in [0.4, 0.5) is 0 Å². The summed E-state index contributed by atoms with van der Waals surface area (Å²) in [6, 6.07) is 0. The molecule has 1 rings (SSSR count). The Morgan fingerprint density at radius 2 is 0.814 bits per heavy atom. The van der Waals surface area contributed by atoms with E-state index < -0.39 is 35.4 Å². The highest BCUT2D eigenvalue weighted by atomic mass is 16.5. The van der Waals surface area contributed by atoms with Crippen LogP contribution in [0, 0.1) is 0 Å². The summed E-state index contributed by atoms with van der Waals surface area (Å²) in [5.74, 6) is 0. The summed E-state index contributed by atoms with van der Waals surface area (Å²) in [5, 5.41) is 0. The summed E-state index contributed by atoms with van der Waals surface area (Å²) < 4.78 is 37.0. The molecule has 0 saturated carbocycles. The van der Waals surface area contributed by atoms with E-state index in [4.69, 9.17) is 28.4 Å². The van der Waals surface area contributed by atoms with Crippen LogP contribution in [0.3, 0.4) is 0 Å². The largest absolute Gasteiger partial charge is 0.375 e. The van der Waals surface area contributed by atoms with Crippen LogP contribution >= 0.6 is 0 Å². The Morgan fingerprint density at radius 3 is 1.12 bits per heavy atom. The minimum absolute atomic E-state index is 0.0635. The van der Waals surface area contributed by atoms with Crippen molar-refractivity contribution < 1.29 is 28.4 Å². The molecule has 3 unspecified atom stereocenters. The van der Waals surface area contributed by atoms with Crippen LogP contribution in [0.25, 0.3) is 0 Å². The van der Waals surface area contributed by atoms with E-state index in [9.17, 15) is 14.4 Å². The third-order valence-electron chi connectivity index (χ3n) is 5.74. The van der Waals surface area contributed by atoms with Gasteiger partial charge in [-0.05, 0) is 6.42 Å².